The molecule has 0 saturated carbocycles. The molecule has 0 saturated heterocycles. The van der Waals surface area contributed by atoms with Crippen LogP contribution in [-0.4, -0.2) is 12.5 Å². The van der Waals surface area contributed by atoms with E-state index in [0.29, 0.717) is 5.56 Å². The van der Waals surface area contributed by atoms with Gasteiger partial charge in [-0.25, -0.2) is 0 Å². The maximum atomic E-state index is 8.47. The Morgan fingerprint density at radius 3 is 2.25 bits per heavy atom. The highest BCUT2D eigenvalue weighted by atomic mass is 16.2. The van der Waals surface area contributed by atoms with Crippen molar-refractivity contribution in [2.75, 3.05) is 0 Å². The number of hydrogen-bond acceptors (Lipinski definition) is 2. The largest absolute Gasteiger partial charge is 0.443 e. The third-order valence-electron chi connectivity index (χ3n) is 1.30. The third kappa shape index (κ3) is 2.16. The summed E-state index contributed by atoms with van der Waals surface area (Å²) in [5.74, 6) is 5.08. The topological polar surface area (TPSA) is 44.0 Å². The highest BCUT2D eigenvalue weighted by Gasteiger charge is 1.88. The summed E-state index contributed by atoms with van der Waals surface area (Å²) in [6.07, 6.45) is 0. The highest BCUT2D eigenvalue weighted by Crippen LogP contribution is 2.00. The zero-order valence-electron chi connectivity index (χ0n) is 6.28. The van der Waals surface area contributed by atoms with Crippen molar-refractivity contribution in [2.24, 2.45) is 0 Å². The average molecular weight is 154 g/mol. The fourth-order valence-electron chi connectivity index (χ4n) is 0.744. The van der Waals surface area contributed by atoms with Crippen molar-refractivity contribution in [1.82, 2.24) is 0 Å². The Balaban J connectivity index is 2.87. The molecule has 0 unspecified atom stereocenters. The van der Waals surface area contributed by atoms with Gasteiger partial charge in [-0.05, 0) is 24.3 Å². The number of nitrogens with zero attached hydrogens (tertiary/aromatic N) is 1. The molecular weight excluding hydrogens is 149 g/mol. The van der Waals surface area contributed by atoms with E-state index in [1.165, 1.54) is 0 Å². The quantitative estimate of drug-likeness (QED) is 0.436. The first-order valence-electron chi connectivity index (χ1n) is 3.34. The van der Waals surface area contributed by atoms with E-state index in [9.17, 15) is 0 Å². The zero-order chi connectivity index (χ0) is 8.81. The van der Waals surface area contributed by atoms with Crippen molar-refractivity contribution >= 4 is 7.48 Å². The molecule has 0 fully saturated rings. The molecule has 0 aliphatic rings. The Morgan fingerprint density at radius 1 is 1.17 bits per heavy atom. The van der Waals surface area contributed by atoms with Gasteiger partial charge in [0.2, 0.25) is 0 Å². The summed E-state index contributed by atoms with van der Waals surface area (Å²) in [7, 11) is 0.790. The minimum absolute atomic E-state index is 0.605. The summed E-state index contributed by atoms with van der Waals surface area (Å²) in [5, 5.41) is 16.7. The standard InChI is InChI=1S/C9H5BNO/c11-7-9-3-1-8(2-4-9)5-6-10-12/h1-4,12H. The van der Waals surface area contributed by atoms with Crippen molar-refractivity contribution in [1.29, 1.82) is 5.26 Å². The van der Waals surface area contributed by atoms with E-state index in [1.807, 2.05) is 6.07 Å². The number of rotatable bonds is 0. The first kappa shape index (κ1) is 8.39. The smallest absolute Gasteiger partial charge is 0.389 e. The second kappa shape index (κ2) is 4.23. The number of benzene rings is 1. The summed E-state index contributed by atoms with van der Waals surface area (Å²) >= 11 is 0. The van der Waals surface area contributed by atoms with Crippen LogP contribution in [0, 0.1) is 23.1 Å². The van der Waals surface area contributed by atoms with Gasteiger partial charge in [0, 0.05) is 5.56 Å². The molecule has 1 rings (SSSR count). The van der Waals surface area contributed by atoms with Crippen molar-refractivity contribution < 1.29 is 5.02 Å². The molecule has 0 aromatic heterocycles. The summed E-state index contributed by atoms with van der Waals surface area (Å²) < 4.78 is 0. The molecule has 0 aliphatic heterocycles. The molecule has 1 radical (unpaired) electrons. The van der Waals surface area contributed by atoms with Crippen LogP contribution < -0.4 is 0 Å². The Kier molecular flexibility index (Phi) is 2.96. The van der Waals surface area contributed by atoms with Gasteiger partial charge < -0.3 is 5.02 Å². The summed E-state index contributed by atoms with van der Waals surface area (Å²) in [6.45, 7) is 0. The van der Waals surface area contributed by atoms with Gasteiger partial charge in [-0.3, -0.25) is 0 Å². The Morgan fingerprint density at radius 2 is 1.75 bits per heavy atom. The average Bonchev–Trinajstić information content (AvgIpc) is 2.15. The zero-order valence-corrected chi connectivity index (χ0v) is 6.28. The molecule has 0 heterocycles. The molecule has 0 bridgehead atoms. The predicted octanol–water partition coefficient (Wildman–Crippen LogP) is 0.479. The van der Waals surface area contributed by atoms with E-state index in [0.717, 1.165) is 13.0 Å². The fraction of sp³-hybridized carbons (Fsp3) is 0. The van der Waals surface area contributed by atoms with Crippen LogP contribution in [0.25, 0.3) is 0 Å². The number of nitriles is 1. The molecule has 0 aliphatic carbocycles. The minimum Gasteiger partial charge on any atom is -0.443 e. The summed E-state index contributed by atoms with van der Waals surface area (Å²) in [5.41, 5.74) is 1.38. The van der Waals surface area contributed by atoms with Crippen LogP contribution in [0.1, 0.15) is 11.1 Å². The molecule has 3 heteroatoms. The van der Waals surface area contributed by atoms with Crippen LogP contribution in [0.3, 0.4) is 0 Å². The first-order valence-corrected chi connectivity index (χ1v) is 3.34. The predicted molar refractivity (Wildman–Crippen MR) is 46.0 cm³/mol. The number of hydrogen-bond donors (Lipinski definition) is 1. The van der Waals surface area contributed by atoms with Crippen molar-refractivity contribution in [3.05, 3.63) is 35.4 Å². The Hall–Kier alpha value is -1.71. The van der Waals surface area contributed by atoms with Crippen molar-refractivity contribution in [3.63, 3.8) is 0 Å². The second-order valence-corrected chi connectivity index (χ2v) is 2.09. The van der Waals surface area contributed by atoms with E-state index in [2.05, 4.69) is 11.7 Å². The van der Waals surface area contributed by atoms with Crippen molar-refractivity contribution in [3.8, 4) is 17.8 Å². The van der Waals surface area contributed by atoms with Gasteiger partial charge in [-0.1, -0.05) is 5.92 Å². The minimum atomic E-state index is 0.605. The molecule has 12 heavy (non-hydrogen) atoms. The molecule has 1 N–H and O–H groups in total. The summed E-state index contributed by atoms with van der Waals surface area (Å²) in [6, 6.07) is 8.83. The molecule has 1 aromatic rings. The molecule has 2 nitrogen and oxygen atoms in total. The molecule has 0 amide bonds. The lowest BCUT2D eigenvalue weighted by atomic mass is 10.0. The van der Waals surface area contributed by atoms with Crippen molar-refractivity contribution in [2.45, 2.75) is 0 Å². The van der Waals surface area contributed by atoms with Gasteiger partial charge in [0.1, 0.15) is 0 Å². The van der Waals surface area contributed by atoms with Crippen LogP contribution in [0.5, 0.6) is 0 Å². The monoisotopic (exact) mass is 154 g/mol. The van der Waals surface area contributed by atoms with E-state index >= 15 is 0 Å². The van der Waals surface area contributed by atoms with Gasteiger partial charge in [0.15, 0.2) is 0 Å². The van der Waals surface area contributed by atoms with Gasteiger partial charge >= 0.3 is 7.48 Å². The molecule has 1 aromatic carbocycles. The second-order valence-electron chi connectivity index (χ2n) is 2.09. The maximum absolute atomic E-state index is 8.47. The normalized spacial score (nSPS) is 7.67. The van der Waals surface area contributed by atoms with Gasteiger partial charge in [0.25, 0.3) is 0 Å². The molecular formula is C9H5BNO. The lowest BCUT2D eigenvalue weighted by Gasteiger charge is -1.88. The van der Waals surface area contributed by atoms with Gasteiger partial charge in [-0.2, -0.15) is 5.26 Å². The molecule has 0 atom stereocenters. The lowest BCUT2D eigenvalue weighted by Crippen LogP contribution is -1.80. The van der Waals surface area contributed by atoms with Crippen LogP contribution >= 0.6 is 0 Å². The Bertz CT molecular complexity index is 353. The molecule has 55 valence electrons. The van der Waals surface area contributed by atoms with E-state index in [4.69, 9.17) is 10.3 Å². The fourth-order valence-corrected chi connectivity index (χ4v) is 0.744. The van der Waals surface area contributed by atoms with Gasteiger partial charge in [0.05, 0.1) is 11.6 Å². The third-order valence-corrected chi connectivity index (χ3v) is 1.30. The first-order chi connectivity index (χ1) is 5.86. The SMILES string of the molecule is N#Cc1ccc(C#C[B]O)cc1. The van der Waals surface area contributed by atoms with Crippen LogP contribution in [0.15, 0.2) is 24.3 Å². The lowest BCUT2D eigenvalue weighted by molar-refractivity contribution is 0.616. The maximum Gasteiger partial charge on any atom is 0.389 e. The highest BCUT2D eigenvalue weighted by molar-refractivity contribution is 6.37. The van der Waals surface area contributed by atoms with E-state index < -0.39 is 0 Å². The van der Waals surface area contributed by atoms with Crippen LogP contribution in [-0.2, 0) is 0 Å². The Labute approximate surface area is 71.7 Å². The summed E-state index contributed by atoms with van der Waals surface area (Å²) in [4.78, 5) is 0. The van der Waals surface area contributed by atoms with Crippen LogP contribution in [0.2, 0.25) is 0 Å². The van der Waals surface area contributed by atoms with E-state index in [1.54, 1.807) is 24.3 Å². The molecule has 0 spiro atoms. The van der Waals surface area contributed by atoms with Gasteiger partial charge in [-0.15, -0.1) is 5.82 Å². The van der Waals surface area contributed by atoms with Crippen LogP contribution in [0.4, 0.5) is 0 Å². The van der Waals surface area contributed by atoms with E-state index in [-0.39, 0.29) is 0 Å².